The molecule has 2 aliphatic carbocycles. The molecule has 5 rings (SSSR count). The van der Waals surface area contributed by atoms with Crippen LogP contribution in [0.2, 0.25) is 0 Å². The molecule has 0 saturated heterocycles. The van der Waals surface area contributed by atoms with Crippen molar-refractivity contribution >= 4 is 10.8 Å². The van der Waals surface area contributed by atoms with Crippen molar-refractivity contribution < 1.29 is 9.84 Å². The van der Waals surface area contributed by atoms with Crippen LogP contribution in [0, 0.1) is 0 Å². The highest BCUT2D eigenvalue weighted by Gasteiger charge is 2.38. The highest BCUT2D eigenvalue weighted by atomic mass is 16.5. The fourth-order valence-electron chi connectivity index (χ4n) is 5.07. The SMILES string of the molecule is COc1ccc2c(c1)C1CCCCC1c1c(O)cc3ccccc3c1-2. The van der Waals surface area contributed by atoms with E-state index in [-0.39, 0.29) is 0 Å². The van der Waals surface area contributed by atoms with Crippen LogP contribution in [0.15, 0.2) is 48.5 Å². The molecule has 3 aromatic rings. The lowest BCUT2D eigenvalue weighted by Gasteiger charge is -2.39. The molecule has 2 heteroatoms. The summed E-state index contributed by atoms with van der Waals surface area (Å²) in [6, 6.07) is 16.8. The van der Waals surface area contributed by atoms with E-state index in [1.807, 2.05) is 18.2 Å². The van der Waals surface area contributed by atoms with Crippen LogP contribution in [0.5, 0.6) is 11.5 Å². The van der Waals surface area contributed by atoms with Gasteiger partial charge in [-0.2, -0.15) is 0 Å². The number of methoxy groups -OCH3 is 1. The molecular weight excluding hydrogens is 308 g/mol. The van der Waals surface area contributed by atoms with Crippen LogP contribution in [0.25, 0.3) is 21.9 Å². The van der Waals surface area contributed by atoms with E-state index in [1.54, 1.807) is 7.11 Å². The third-order valence-electron chi connectivity index (χ3n) is 6.13. The van der Waals surface area contributed by atoms with Crippen molar-refractivity contribution in [3.63, 3.8) is 0 Å². The summed E-state index contributed by atoms with van der Waals surface area (Å²) in [5.74, 6) is 2.29. The molecule has 0 amide bonds. The van der Waals surface area contributed by atoms with Gasteiger partial charge in [-0.3, -0.25) is 0 Å². The van der Waals surface area contributed by atoms with Crippen LogP contribution in [0.1, 0.15) is 48.6 Å². The van der Waals surface area contributed by atoms with Crippen LogP contribution in [0.4, 0.5) is 0 Å². The van der Waals surface area contributed by atoms with Gasteiger partial charge < -0.3 is 9.84 Å². The number of rotatable bonds is 1. The van der Waals surface area contributed by atoms with E-state index in [0.29, 0.717) is 17.6 Å². The van der Waals surface area contributed by atoms with Crippen LogP contribution in [-0.2, 0) is 0 Å². The van der Waals surface area contributed by atoms with Gasteiger partial charge in [0.25, 0.3) is 0 Å². The summed E-state index contributed by atoms with van der Waals surface area (Å²) in [6.07, 6.45) is 4.85. The minimum atomic E-state index is 0.410. The minimum Gasteiger partial charge on any atom is -0.508 e. The van der Waals surface area contributed by atoms with Gasteiger partial charge in [-0.05, 0) is 70.3 Å². The van der Waals surface area contributed by atoms with Crippen molar-refractivity contribution in [2.75, 3.05) is 7.11 Å². The molecule has 2 atom stereocenters. The van der Waals surface area contributed by atoms with Gasteiger partial charge in [-0.15, -0.1) is 0 Å². The summed E-state index contributed by atoms with van der Waals surface area (Å²) in [5.41, 5.74) is 5.07. The Morgan fingerprint density at radius 2 is 1.76 bits per heavy atom. The second-order valence-corrected chi connectivity index (χ2v) is 7.36. The van der Waals surface area contributed by atoms with E-state index in [1.165, 1.54) is 46.9 Å². The molecule has 0 radical (unpaired) electrons. The van der Waals surface area contributed by atoms with Crippen molar-refractivity contribution in [1.29, 1.82) is 0 Å². The molecular formula is C23H22O2. The zero-order chi connectivity index (χ0) is 17.0. The number of phenols is 1. The van der Waals surface area contributed by atoms with Gasteiger partial charge in [0.1, 0.15) is 11.5 Å². The van der Waals surface area contributed by atoms with Crippen molar-refractivity contribution in [2.45, 2.75) is 37.5 Å². The number of aromatic hydroxyl groups is 1. The highest BCUT2D eigenvalue weighted by Crippen LogP contribution is 2.57. The first-order valence-electron chi connectivity index (χ1n) is 9.21. The molecule has 126 valence electrons. The van der Waals surface area contributed by atoms with Crippen LogP contribution < -0.4 is 4.74 Å². The lowest BCUT2D eigenvalue weighted by Crippen LogP contribution is -2.21. The van der Waals surface area contributed by atoms with Crippen molar-refractivity contribution in [3.8, 4) is 22.6 Å². The third-order valence-corrected chi connectivity index (χ3v) is 6.13. The standard InChI is InChI=1S/C23H22O2/c1-25-15-10-11-19-20(13-15)17-8-4-5-9-18(17)23-21(24)12-14-6-2-3-7-16(14)22(19)23/h2-3,6-7,10-13,17-18,24H,4-5,8-9H2,1H3. The Morgan fingerprint density at radius 3 is 2.60 bits per heavy atom. The number of hydrogen-bond acceptors (Lipinski definition) is 2. The average Bonchev–Trinajstić information content (AvgIpc) is 2.67. The summed E-state index contributed by atoms with van der Waals surface area (Å²) >= 11 is 0. The topological polar surface area (TPSA) is 29.5 Å². The van der Waals surface area contributed by atoms with Crippen LogP contribution in [-0.4, -0.2) is 12.2 Å². The van der Waals surface area contributed by atoms with Crippen molar-refractivity contribution in [1.82, 2.24) is 0 Å². The first-order chi connectivity index (χ1) is 12.3. The Balaban J connectivity index is 1.89. The Labute approximate surface area is 148 Å². The summed E-state index contributed by atoms with van der Waals surface area (Å²) in [6.45, 7) is 0. The molecule has 25 heavy (non-hydrogen) atoms. The second-order valence-electron chi connectivity index (χ2n) is 7.36. The number of ether oxygens (including phenoxy) is 1. The van der Waals surface area contributed by atoms with Crippen molar-refractivity contribution in [2.24, 2.45) is 0 Å². The van der Waals surface area contributed by atoms with Gasteiger partial charge in [0.15, 0.2) is 0 Å². The summed E-state index contributed by atoms with van der Waals surface area (Å²) < 4.78 is 5.51. The average molecular weight is 330 g/mol. The Kier molecular flexibility index (Phi) is 3.27. The highest BCUT2D eigenvalue weighted by molar-refractivity contribution is 6.02. The van der Waals surface area contributed by atoms with E-state index in [4.69, 9.17) is 4.74 Å². The summed E-state index contributed by atoms with van der Waals surface area (Å²) in [5, 5.41) is 13.2. The Hall–Kier alpha value is -2.48. The lowest BCUT2D eigenvalue weighted by molar-refractivity contribution is 0.366. The van der Waals surface area contributed by atoms with Crippen molar-refractivity contribution in [3.05, 3.63) is 59.7 Å². The van der Waals surface area contributed by atoms with Gasteiger partial charge >= 0.3 is 0 Å². The van der Waals surface area contributed by atoms with E-state index >= 15 is 0 Å². The predicted molar refractivity (Wildman–Crippen MR) is 102 cm³/mol. The molecule has 3 aromatic carbocycles. The molecule has 0 aromatic heterocycles. The van der Waals surface area contributed by atoms with E-state index in [9.17, 15) is 5.11 Å². The largest absolute Gasteiger partial charge is 0.508 e. The number of benzene rings is 3. The maximum atomic E-state index is 10.9. The molecule has 0 aliphatic heterocycles. The molecule has 0 spiro atoms. The van der Waals surface area contributed by atoms with Gasteiger partial charge in [-0.25, -0.2) is 0 Å². The maximum absolute atomic E-state index is 10.9. The minimum absolute atomic E-state index is 0.410. The molecule has 0 bridgehead atoms. The predicted octanol–water partition coefficient (Wildman–Crippen LogP) is 5.98. The normalized spacial score (nSPS) is 21.3. The molecule has 1 N–H and O–H groups in total. The molecule has 2 aliphatic rings. The molecule has 2 nitrogen and oxygen atoms in total. The number of hydrogen-bond donors (Lipinski definition) is 1. The summed E-state index contributed by atoms with van der Waals surface area (Å²) in [4.78, 5) is 0. The zero-order valence-electron chi connectivity index (χ0n) is 14.5. The van der Waals surface area contributed by atoms with Gasteiger partial charge in [0.05, 0.1) is 7.11 Å². The molecule has 0 heterocycles. The van der Waals surface area contributed by atoms with E-state index in [2.05, 4.69) is 30.3 Å². The number of phenolic OH excluding ortho intramolecular Hbond substituents is 1. The van der Waals surface area contributed by atoms with Crippen LogP contribution >= 0.6 is 0 Å². The molecule has 1 saturated carbocycles. The van der Waals surface area contributed by atoms with E-state index < -0.39 is 0 Å². The zero-order valence-corrected chi connectivity index (χ0v) is 14.5. The first-order valence-corrected chi connectivity index (χ1v) is 9.21. The van der Waals surface area contributed by atoms with Gasteiger partial charge in [0.2, 0.25) is 0 Å². The smallest absolute Gasteiger partial charge is 0.120 e. The van der Waals surface area contributed by atoms with Gasteiger partial charge in [0, 0.05) is 5.56 Å². The fourth-order valence-corrected chi connectivity index (χ4v) is 5.07. The lowest BCUT2D eigenvalue weighted by atomic mass is 9.64. The second kappa shape index (κ2) is 5.52. The van der Waals surface area contributed by atoms with Crippen LogP contribution in [0.3, 0.4) is 0 Å². The number of fused-ring (bicyclic) bond motifs is 8. The summed E-state index contributed by atoms with van der Waals surface area (Å²) in [7, 11) is 1.73. The first kappa shape index (κ1) is 14.8. The maximum Gasteiger partial charge on any atom is 0.120 e. The van der Waals surface area contributed by atoms with Gasteiger partial charge in [-0.1, -0.05) is 43.2 Å². The Morgan fingerprint density at radius 1 is 0.960 bits per heavy atom. The quantitative estimate of drug-likeness (QED) is 0.595. The Bertz CT molecular complexity index is 973. The fraction of sp³-hybridized carbons (Fsp3) is 0.304. The monoisotopic (exact) mass is 330 g/mol. The van der Waals surface area contributed by atoms with E-state index in [0.717, 1.165) is 17.6 Å². The third kappa shape index (κ3) is 2.10. The molecule has 1 fully saturated rings. The molecule has 2 unspecified atom stereocenters.